The van der Waals surface area contributed by atoms with Gasteiger partial charge in [-0.2, -0.15) is 0 Å². The van der Waals surface area contributed by atoms with Crippen LogP contribution >= 0.6 is 0 Å². The first-order valence-electron chi connectivity index (χ1n) is 5.53. The first kappa shape index (κ1) is 12.7. The molecule has 1 N–H and O–H groups in total. The third-order valence-electron chi connectivity index (χ3n) is 2.31. The second-order valence-corrected chi connectivity index (χ2v) is 4.01. The number of hydrogen-bond donors (Lipinski definition) is 1. The monoisotopic (exact) mass is 222 g/mol. The molecule has 0 amide bonds. The minimum absolute atomic E-state index is 0.165. The van der Waals surface area contributed by atoms with Crippen molar-refractivity contribution in [3.8, 4) is 0 Å². The predicted molar refractivity (Wildman–Crippen MR) is 62.2 cm³/mol. The number of hydrogen-bond acceptors (Lipinski definition) is 3. The Labute approximate surface area is 96.1 Å². The van der Waals surface area contributed by atoms with Crippen LogP contribution in [-0.2, 0) is 4.74 Å². The van der Waals surface area contributed by atoms with E-state index in [-0.39, 0.29) is 18.2 Å². The second-order valence-electron chi connectivity index (χ2n) is 4.01. The molecule has 0 aromatic heterocycles. The standard InChI is InChI=1S/C13H18O3/c1-10(14)8-9-11(2)16-13(15)12-6-4-3-5-7-12/h3-7,10-11,14H,8-9H2,1-2H3/t10?,11-/m1/s1. The fraction of sp³-hybridized carbons (Fsp3) is 0.462. The molecule has 0 heterocycles. The van der Waals surface area contributed by atoms with Crippen LogP contribution in [0.4, 0.5) is 0 Å². The zero-order valence-corrected chi connectivity index (χ0v) is 9.72. The van der Waals surface area contributed by atoms with Crippen molar-refractivity contribution in [2.45, 2.75) is 38.9 Å². The van der Waals surface area contributed by atoms with Gasteiger partial charge in [-0.25, -0.2) is 4.79 Å². The third-order valence-corrected chi connectivity index (χ3v) is 2.31. The Morgan fingerprint density at radius 3 is 2.44 bits per heavy atom. The van der Waals surface area contributed by atoms with Gasteiger partial charge in [0.1, 0.15) is 0 Å². The van der Waals surface area contributed by atoms with Gasteiger partial charge in [0.25, 0.3) is 0 Å². The van der Waals surface area contributed by atoms with Crippen LogP contribution in [0.5, 0.6) is 0 Å². The molecular weight excluding hydrogens is 204 g/mol. The molecule has 1 unspecified atom stereocenters. The van der Waals surface area contributed by atoms with Crippen molar-refractivity contribution >= 4 is 5.97 Å². The molecule has 3 nitrogen and oxygen atoms in total. The highest BCUT2D eigenvalue weighted by Crippen LogP contribution is 2.08. The molecule has 88 valence electrons. The molecule has 0 saturated carbocycles. The predicted octanol–water partition coefficient (Wildman–Crippen LogP) is 2.39. The Morgan fingerprint density at radius 1 is 1.25 bits per heavy atom. The van der Waals surface area contributed by atoms with Gasteiger partial charge >= 0.3 is 5.97 Å². The molecule has 0 saturated heterocycles. The van der Waals surface area contributed by atoms with Gasteiger partial charge in [-0.05, 0) is 38.8 Å². The van der Waals surface area contributed by atoms with Crippen LogP contribution in [-0.4, -0.2) is 23.3 Å². The fourth-order valence-corrected chi connectivity index (χ4v) is 1.36. The molecule has 0 aliphatic heterocycles. The molecule has 2 atom stereocenters. The highest BCUT2D eigenvalue weighted by atomic mass is 16.5. The highest BCUT2D eigenvalue weighted by Gasteiger charge is 2.11. The van der Waals surface area contributed by atoms with Crippen molar-refractivity contribution in [3.63, 3.8) is 0 Å². The van der Waals surface area contributed by atoms with Gasteiger partial charge in [0, 0.05) is 0 Å². The van der Waals surface area contributed by atoms with E-state index in [1.165, 1.54) is 0 Å². The number of carbonyl (C=O) groups excluding carboxylic acids is 1. The van der Waals surface area contributed by atoms with Crippen LogP contribution in [0.3, 0.4) is 0 Å². The van der Waals surface area contributed by atoms with E-state index in [9.17, 15) is 4.79 Å². The van der Waals surface area contributed by atoms with Gasteiger partial charge in [0.2, 0.25) is 0 Å². The Bertz CT molecular complexity index is 319. The molecule has 0 spiro atoms. The highest BCUT2D eigenvalue weighted by molar-refractivity contribution is 5.89. The average Bonchev–Trinajstić information content (AvgIpc) is 2.27. The van der Waals surface area contributed by atoms with E-state index < -0.39 is 0 Å². The van der Waals surface area contributed by atoms with Crippen molar-refractivity contribution in [2.75, 3.05) is 0 Å². The van der Waals surface area contributed by atoms with E-state index in [2.05, 4.69) is 0 Å². The minimum atomic E-state index is -0.349. The van der Waals surface area contributed by atoms with E-state index in [0.29, 0.717) is 18.4 Å². The maximum Gasteiger partial charge on any atom is 0.338 e. The van der Waals surface area contributed by atoms with E-state index in [1.807, 2.05) is 13.0 Å². The van der Waals surface area contributed by atoms with Crippen LogP contribution in [0.2, 0.25) is 0 Å². The number of ether oxygens (including phenoxy) is 1. The van der Waals surface area contributed by atoms with E-state index in [1.54, 1.807) is 31.2 Å². The largest absolute Gasteiger partial charge is 0.459 e. The lowest BCUT2D eigenvalue weighted by Gasteiger charge is -2.13. The summed E-state index contributed by atoms with van der Waals surface area (Å²) in [6, 6.07) is 8.91. The summed E-state index contributed by atoms with van der Waals surface area (Å²) in [5.74, 6) is -0.307. The third kappa shape index (κ3) is 4.45. The first-order chi connectivity index (χ1) is 7.59. The molecular formula is C13H18O3. The molecule has 0 aliphatic rings. The molecule has 0 radical (unpaired) electrons. The lowest BCUT2D eigenvalue weighted by molar-refractivity contribution is 0.0290. The Morgan fingerprint density at radius 2 is 1.88 bits per heavy atom. The van der Waals surface area contributed by atoms with Crippen LogP contribution in [0, 0.1) is 0 Å². The van der Waals surface area contributed by atoms with Crippen LogP contribution in [0.1, 0.15) is 37.0 Å². The summed E-state index contributed by atoms with van der Waals surface area (Å²) >= 11 is 0. The summed E-state index contributed by atoms with van der Waals surface area (Å²) in [6.07, 6.45) is 0.805. The number of esters is 1. The van der Waals surface area contributed by atoms with Crippen molar-refractivity contribution in [1.82, 2.24) is 0 Å². The van der Waals surface area contributed by atoms with Gasteiger partial charge in [0.15, 0.2) is 0 Å². The van der Waals surface area contributed by atoms with E-state index in [0.717, 1.165) is 0 Å². The van der Waals surface area contributed by atoms with Crippen LogP contribution < -0.4 is 0 Å². The molecule has 0 aliphatic carbocycles. The number of aliphatic hydroxyl groups excluding tert-OH is 1. The Hall–Kier alpha value is -1.35. The molecule has 1 aromatic carbocycles. The first-order valence-corrected chi connectivity index (χ1v) is 5.53. The lowest BCUT2D eigenvalue weighted by Crippen LogP contribution is -2.16. The normalized spacial score (nSPS) is 14.2. The zero-order valence-electron chi connectivity index (χ0n) is 9.72. The second kappa shape index (κ2) is 6.28. The Balaban J connectivity index is 2.40. The van der Waals surface area contributed by atoms with Gasteiger partial charge in [0.05, 0.1) is 17.8 Å². The SMILES string of the molecule is CC(O)CC[C@@H](C)OC(=O)c1ccccc1. The van der Waals surface area contributed by atoms with Crippen molar-refractivity contribution < 1.29 is 14.6 Å². The molecule has 0 fully saturated rings. The smallest absolute Gasteiger partial charge is 0.338 e. The quantitative estimate of drug-likeness (QED) is 0.778. The summed E-state index contributed by atoms with van der Waals surface area (Å²) in [5.41, 5.74) is 0.561. The van der Waals surface area contributed by atoms with Crippen molar-refractivity contribution in [2.24, 2.45) is 0 Å². The van der Waals surface area contributed by atoms with Crippen LogP contribution in [0.15, 0.2) is 30.3 Å². The lowest BCUT2D eigenvalue weighted by atomic mass is 10.1. The van der Waals surface area contributed by atoms with Gasteiger partial charge in [-0.3, -0.25) is 0 Å². The molecule has 16 heavy (non-hydrogen) atoms. The number of rotatable bonds is 5. The summed E-state index contributed by atoms with van der Waals surface area (Å²) in [4.78, 5) is 11.6. The molecule has 3 heteroatoms. The molecule has 1 rings (SSSR count). The van der Waals surface area contributed by atoms with Gasteiger partial charge in [-0.1, -0.05) is 18.2 Å². The van der Waals surface area contributed by atoms with Crippen LogP contribution in [0.25, 0.3) is 0 Å². The fourth-order valence-electron chi connectivity index (χ4n) is 1.36. The number of benzene rings is 1. The molecule has 1 aromatic rings. The van der Waals surface area contributed by atoms with Gasteiger partial charge < -0.3 is 9.84 Å². The average molecular weight is 222 g/mol. The maximum atomic E-state index is 11.6. The summed E-state index contributed by atoms with van der Waals surface area (Å²) in [7, 11) is 0. The number of carbonyl (C=O) groups is 1. The zero-order chi connectivity index (χ0) is 12.0. The minimum Gasteiger partial charge on any atom is -0.459 e. The van der Waals surface area contributed by atoms with Gasteiger partial charge in [-0.15, -0.1) is 0 Å². The summed E-state index contributed by atoms with van der Waals surface area (Å²) in [5, 5.41) is 9.11. The molecule has 0 bridgehead atoms. The number of aliphatic hydroxyl groups is 1. The summed E-state index contributed by atoms with van der Waals surface area (Å²) < 4.78 is 5.24. The maximum absolute atomic E-state index is 11.6. The summed E-state index contributed by atoms with van der Waals surface area (Å²) in [6.45, 7) is 3.56. The van der Waals surface area contributed by atoms with Crippen molar-refractivity contribution in [3.05, 3.63) is 35.9 Å². The topological polar surface area (TPSA) is 46.5 Å². The van der Waals surface area contributed by atoms with E-state index >= 15 is 0 Å². The van der Waals surface area contributed by atoms with Crippen molar-refractivity contribution in [1.29, 1.82) is 0 Å². The Kier molecular flexibility index (Phi) is 4.99. The van der Waals surface area contributed by atoms with E-state index in [4.69, 9.17) is 9.84 Å².